The fourth-order valence-corrected chi connectivity index (χ4v) is 2.35. The highest BCUT2D eigenvalue weighted by Gasteiger charge is 2.13. The van der Waals surface area contributed by atoms with Gasteiger partial charge < -0.3 is 10.1 Å². The molecule has 6 heteroatoms. The molecule has 0 radical (unpaired) electrons. The van der Waals surface area contributed by atoms with E-state index in [2.05, 4.69) is 4.98 Å². The van der Waals surface area contributed by atoms with Crippen molar-refractivity contribution in [3.8, 4) is 11.1 Å². The van der Waals surface area contributed by atoms with Crippen molar-refractivity contribution in [1.82, 2.24) is 4.98 Å². The number of aromatic amines is 1. The fourth-order valence-electron chi connectivity index (χ4n) is 1.75. The quantitative estimate of drug-likeness (QED) is 0.915. The highest BCUT2D eigenvalue weighted by Crippen LogP contribution is 2.32. The van der Waals surface area contributed by atoms with E-state index < -0.39 is 5.97 Å². The van der Waals surface area contributed by atoms with E-state index in [4.69, 9.17) is 28.3 Å². The van der Waals surface area contributed by atoms with Crippen molar-refractivity contribution in [2.24, 2.45) is 0 Å². The molecule has 0 saturated heterocycles. The minimum Gasteiger partial charge on any atom is -0.481 e. The number of nitrogens with one attached hydrogen (secondary N) is 1. The van der Waals surface area contributed by atoms with Crippen LogP contribution >= 0.6 is 23.2 Å². The molecule has 0 aliphatic carbocycles. The second kappa shape index (κ2) is 5.47. The highest BCUT2D eigenvalue weighted by molar-refractivity contribution is 6.39. The monoisotopic (exact) mass is 297 g/mol. The molecule has 2 N–H and O–H groups in total. The number of halogens is 2. The summed E-state index contributed by atoms with van der Waals surface area (Å²) in [7, 11) is 0. The summed E-state index contributed by atoms with van der Waals surface area (Å²) in [5, 5.41) is 9.44. The van der Waals surface area contributed by atoms with Crippen LogP contribution in [0, 0.1) is 0 Å². The zero-order chi connectivity index (χ0) is 14.0. The van der Waals surface area contributed by atoms with Crippen LogP contribution in [0.5, 0.6) is 0 Å². The van der Waals surface area contributed by atoms with Crippen molar-refractivity contribution in [3.05, 3.63) is 56.4 Å². The molecule has 2 aromatic rings. The third kappa shape index (κ3) is 2.97. The maximum atomic E-state index is 11.8. The number of H-pyrrole nitrogens is 1. The van der Waals surface area contributed by atoms with Crippen molar-refractivity contribution in [1.29, 1.82) is 0 Å². The number of pyridine rings is 1. The highest BCUT2D eigenvalue weighted by atomic mass is 35.5. The molecular weight excluding hydrogens is 289 g/mol. The molecular formula is C13H9Cl2NO3. The van der Waals surface area contributed by atoms with Crippen molar-refractivity contribution in [3.63, 3.8) is 0 Å². The van der Waals surface area contributed by atoms with Gasteiger partial charge in [-0.1, -0.05) is 29.3 Å². The van der Waals surface area contributed by atoms with Gasteiger partial charge in [0.15, 0.2) is 0 Å². The van der Waals surface area contributed by atoms with Crippen LogP contribution in [0.3, 0.4) is 0 Å². The lowest BCUT2D eigenvalue weighted by atomic mass is 10.0. The Morgan fingerprint density at radius 1 is 1.26 bits per heavy atom. The molecule has 1 aromatic carbocycles. The van der Waals surface area contributed by atoms with Gasteiger partial charge in [-0.05, 0) is 23.8 Å². The topological polar surface area (TPSA) is 70.2 Å². The van der Waals surface area contributed by atoms with E-state index in [0.29, 0.717) is 21.2 Å². The smallest absolute Gasteiger partial charge is 0.307 e. The maximum absolute atomic E-state index is 11.8. The second-order valence-corrected chi connectivity index (χ2v) is 4.73. The molecule has 0 spiro atoms. The largest absolute Gasteiger partial charge is 0.481 e. The van der Waals surface area contributed by atoms with Gasteiger partial charge in [-0.2, -0.15) is 0 Å². The van der Waals surface area contributed by atoms with Crippen LogP contribution in [0.2, 0.25) is 10.0 Å². The maximum Gasteiger partial charge on any atom is 0.307 e. The normalized spacial score (nSPS) is 10.4. The summed E-state index contributed by atoms with van der Waals surface area (Å²) in [6, 6.07) is 6.39. The fraction of sp³-hybridized carbons (Fsp3) is 0.0769. The molecule has 0 saturated carbocycles. The minimum atomic E-state index is -0.983. The molecule has 19 heavy (non-hydrogen) atoms. The molecule has 1 aromatic heterocycles. The number of carboxylic acids is 1. The number of hydrogen-bond donors (Lipinski definition) is 2. The lowest BCUT2D eigenvalue weighted by molar-refractivity contribution is -0.136. The molecule has 1 heterocycles. The van der Waals surface area contributed by atoms with E-state index in [-0.39, 0.29) is 17.5 Å². The first kappa shape index (κ1) is 13.6. The molecule has 98 valence electrons. The van der Waals surface area contributed by atoms with Gasteiger partial charge in [0.1, 0.15) is 0 Å². The minimum absolute atomic E-state index is 0.189. The van der Waals surface area contributed by atoms with Crippen LogP contribution in [0.25, 0.3) is 11.1 Å². The Labute approximate surface area is 118 Å². The molecule has 4 nitrogen and oxygen atoms in total. The van der Waals surface area contributed by atoms with Crippen LogP contribution in [0.4, 0.5) is 0 Å². The molecule has 0 bridgehead atoms. The zero-order valence-corrected chi connectivity index (χ0v) is 11.1. The van der Waals surface area contributed by atoms with Gasteiger partial charge in [-0.25, -0.2) is 0 Å². The van der Waals surface area contributed by atoms with E-state index in [9.17, 15) is 9.59 Å². The van der Waals surface area contributed by atoms with Crippen LogP contribution in [-0.2, 0) is 11.2 Å². The van der Waals surface area contributed by atoms with Gasteiger partial charge >= 0.3 is 5.97 Å². The first-order chi connectivity index (χ1) is 8.99. The summed E-state index contributed by atoms with van der Waals surface area (Å²) >= 11 is 12.1. The molecule has 2 rings (SSSR count). The van der Waals surface area contributed by atoms with E-state index in [1.807, 2.05) is 0 Å². The molecule has 0 fully saturated rings. The summed E-state index contributed by atoms with van der Waals surface area (Å²) in [5.41, 5.74) is 0.760. The molecule has 0 aliphatic rings. The Bertz CT molecular complexity index is 674. The number of benzene rings is 1. The van der Waals surface area contributed by atoms with Gasteiger partial charge in [0, 0.05) is 11.8 Å². The summed E-state index contributed by atoms with van der Waals surface area (Å²) < 4.78 is 0. The SMILES string of the molecule is O=C(O)Cc1c[nH]c(=O)c(-c2c(Cl)cccc2Cl)c1. The molecule has 0 amide bonds. The third-order valence-corrected chi connectivity index (χ3v) is 3.18. The standard InChI is InChI=1S/C13H9Cl2NO3/c14-9-2-1-3-10(15)12(9)8-4-7(5-11(17)18)6-16-13(8)19/h1-4,6H,5H2,(H,16,19)(H,17,18). The van der Waals surface area contributed by atoms with Crippen LogP contribution in [0.15, 0.2) is 35.3 Å². The Morgan fingerprint density at radius 2 is 1.89 bits per heavy atom. The zero-order valence-electron chi connectivity index (χ0n) is 9.61. The lowest BCUT2D eigenvalue weighted by Crippen LogP contribution is -2.11. The van der Waals surface area contributed by atoms with Gasteiger partial charge in [-0.3, -0.25) is 9.59 Å². The Kier molecular flexibility index (Phi) is 3.93. The Morgan fingerprint density at radius 3 is 2.47 bits per heavy atom. The van der Waals surface area contributed by atoms with E-state index in [1.165, 1.54) is 12.3 Å². The van der Waals surface area contributed by atoms with Crippen molar-refractivity contribution in [2.45, 2.75) is 6.42 Å². The Hall–Kier alpha value is -1.78. The molecule has 0 aliphatic heterocycles. The first-order valence-electron chi connectivity index (χ1n) is 5.37. The predicted molar refractivity (Wildman–Crippen MR) is 73.9 cm³/mol. The summed E-state index contributed by atoms with van der Waals surface area (Å²) in [5.74, 6) is -0.983. The lowest BCUT2D eigenvalue weighted by Gasteiger charge is -2.07. The first-order valence-corrected chi connectivity index (χ1v) is 6.12. The van der Waals surface area contributed by atoms with Gasteiger partial charge in [-0.15, -0.1) is 0 Å². The third-order valence-electron chi connectivity index (χ3n) is 2.55. The van der Waals surface area contributed by atoms with Crippen LogP contribution in [0.1, 0.15) is 5.56 Å². The van der Waals surface area contributed by atoms with Crippen molar-refractivity contribution in [2.75, 3.05) is 0 Å². The number of carboxylic acid groups (broad SMARTS) is 1. The number of carbonyl (C=O) groups is 1. The summed E-state index contributed by atoms with van der Waals surface area (Å²) in [4.78, 5) is 25.0. The average Bonchev–Trinajstić information content (AvgIpc) is 2.32. The van der Waals surface area contributed by atoms with Crippen LogP contribution in [-0.4, -0.2) is 16.1 Å². The van der Waals surface area contributed by atoms with Crippen LogP contribution < -0.4 is 5.56 Å². The van der Waals surface area contributed by atoms with Gasteiger partial charge in [0.2, 0.25) is 0 Å². The average molecular weight is 298 g/mol. The molecule has 0 unspecified atom stereocenters. The summed E-state index contributed by atoms with van der Waals surface area (Å²) in [6.07, 6.45) is 1.18. The predicted octanol–water partition coefficient (Wildman–Crippen LogP) is 2.98. The molecule has 0 atom stereocenters. The van der Waals surface area contributed by atoms with E-state index in [0.717, 1.165) is 0 Å². The van der Waals surface area contributed by atoms with Gasteiger partial charge in [0.05, 0.1) is 22.0 Å². The van der Waals surface area contributed by atoms with Crippen molar-refractivity contribution < 1.29 is 9.90 Å². The van der Waals surface area contributed by atoms with E-state index >= 15 is 0 Å². The number of hydrogen-bond acceptors (Lipinski definition) is 2. The number of aromatic nitrogens is 1. The number of rotatable bonds is 3. The van der Waals surface area contributed by atoms with Crippen molar-refractivity contribution >= 4 is 29.2 Å². The Balaban J connectivity index is 2.61. The number of aliphatic carboxylic acids is 1. The summed E-state index contributed by atoms with van der Waals surface area (Å²) in [6.45, 7) is 0. The van der Waals surface area contributed by atoms with Gasteiger partial charge in [0.25, 0.3) is 5.56 Å². The second-order valence-electron chi connectivity index (χ2n) is 3.92. The van der Waals surface area contributed by atoms with E-state index in [1.54, 1.807) is 18.2 Å².